The first-order valence-electron chi connectivity index (χ1n) is 5.83. The van der Waals surface area contributed by atoms with Crippen molar-refractivity contribution in [1.82, 2.24) is 0 Å². The molecule has 0 bridgehead atoms. The van der Waals surface area contributed by atoms with Crippen LogP contribution in [-0.4, -0.2) is 18.8 Å². The number of nitrogens with zero attached hydrogens (tertiary/aromatic N) is 1. The molecule has 1 heterocycles. The summed E-state index contributed by atoms with van der Waals surface area (Å²) in [5, 5.41) is 0.709. The maximum absolute atomic E-state index is 5.82. The fourth-order valence-corrected chi connectivity index (χ4v) is 3.82. The molecule has 0 aromatic heterocycles. The van der Waals surface area contributed by atoms with Crippen molar-refractivity contribution < 1.29 is 0 Å². The normalized spacial score (nSPS) is 20.0. The van der Waals surface area contributed by atoms with Gasteiger partial charge in [0, 0.05) is 29.4 Å². The van der Waals surface area contributed by atoms with Crippen molar-refractivity contribution in [2.75, 3.05) is 24.2 Å². The molecule has 1 unspecified atom stereocenters. The van der Waals surface area contributed by atoms with E-state index in [1.54, 1.807) is 0 Å². The topological polar surface area (TPSA) is 29.3 Å². The minimum absolute atomic E-state index is 0.709. The van der Waals surface area contributed by atoms with Crippen molar-refractivity contribution >= 4 is 23.1 Å². The predicted octanol–water partition coefficient (Wildman–Crippen LogP) is 3.23. The highest BCUT2D eigenvalue weighted by molar-refractivity contribution is 8.00. The van der Waals surface area contributed by atoms with Gasteiger partial charge in [-0.2, -0.15) is 0 Å². The average Bonchev–Trinajstić information content (AvgIpc) is 2.18. The Kier molecular flexibility index (Phi) is 3.33. The molecule has 0 spiro atoms. The summed E-state index contributed by atoms with van der Waals surface area (Å²) in [5.74, 6) is 0.765. The molecule has 0 radical (unpaired) electrons. The third-order valence-electron chi connectivity index (χ3n) is 2.90. The molecule has 2 N–H and O–H groups in total. The van der Waals surface area contributed by atoms with Gasteiger partial charge in [0.15, 0.2) is 0 Å². The quantitative estimate of drug-likeness (QED) is 0.799. The summed E-state index contributed by atoms with van der Waals surface area (Å²) in [6, 6.07) is 6.23. The van der Waals surface area contributed by atoms with Gasteiger partial charge in [-0.3, -0.25) is 0 Å². The van der Waals surface area contributed by atoms with E-state index < -0.39 is 0 Å². The first kappa shape index (κ1) is 11.6. The molecule has 2 rings (SSSR count). The van der Waals surface area contributed by atoms with Crippen LogP contribution in [0.2, 0.25) is 0 Å². The van der Waals surface area contributed by atoms with Crippen molar-refractivity contribution in [3.63, 3.8) is 0 Å². The number of benzene rings is 1. The standard InChI is InChI=1S/C13H20N2S/c1-9(2)6-11-8-15(3)12-7-10(14)4-5-13(12)16-11/h4-5,7,9,11H,6,8,14H2,1-3H3. The molecular weight excluding hydrogens is 216 g/mol. The van der Waals surface area contributed by atoms with Crippen molar-refractivity contribution in [3.05, 3.63) is 18.2 Å². The summed E-state index contributed by atoms with van der Waals surface area (Å²) in [5.41, 5.74) is 7.96. The van der Waals surface area contributed by atoms with E-state index >= 15 is 0 Å². The third-order valence-corrected chi connectivity index (χ3v) is 4.17. The molecule has 1 aliphatic heterocycles. The Labute approximate surface area is 102 Å². The lowest BCUT2D eigenvalue weighted by Gasteiger charge is -2.33. The van der Waals surface area contributed by atoms with Gasteiger partial charge < -0.3 is 10.6 Å². The van der Waals surface area contributed by atoms with Gasteiger partial charge in [0.1, 0.15) is 0 Å². The van der Waals surface area contributed by atoms with Crippen LogP contribution in [0.3, 0.4) is 0 Å². The van der Waals surface area contributed by atoms with Crippen LogP contribution < -0.4 is 10.6 Å². The Balaban J connectivity index is 2.20. The van der Waals surface area contributed by atoms with Crippen molar-refractivity contribution in [2.45, 2.75) is 30.4 Å². The number of nitrogen functional groups attached to an aromatic ring is 1. The van der Waals surface area contributed by atoms with Crippen molar-refractivity contribution in [2.24, 2.45) is 5.92 Å². The zero-order chi connectivity index (χ0) is 11.7. The molecule has 1 aliphatic rings. The number of nitrogens with two attached hydrogens (primary N) is 1. The van der Waals surface area contributed by atoms with Gasteiger partial charge in [0.2, 0.25) is 0 Å². The van der Waals surface area contributed by atoms with E-state index in [-0.39, 0.29) is 0 Å². The second-order valence-corrected chi connectivity index (χ2v) is 6.32. The Morgan fingerprint density at radius 2 is 2.25 bits per heavy atom. The first-order chi connectivity index (χ1) is 7.56. The van der Waals surface area contributed by atoms with Crippen molar-refractivity contribution in [1.29, 1.82) is 0 Å². The van der Waals surface area contributed by atoms with Gasteiger partial charge in [0.25, 0.3) is 0 Å². The Morgan fingerprint density at radius 3 is 2.94 bits per heavy atom. The Morgan fingerprint density at radius 1 is 1.50 bits per heavy atom. The largest absolute Gasteiger partial charge is 0.399 e. The summed E-state index contributed by atoms with van der Waals surface area (Å²) in [7, 11) is 2.16. The van der Waals surface area contributed by atoms with E-state index in [1.165, 1.54) is 17.0 Å². The van der Waals surface area contributed by atoms with Crippen LogP contribution in [0.1, 0.15) is 20.3 Å². The number of fused-ring (bicyclic) bond motifs is 1. The van der Waals surface area contributed by atoms with Gasteiger partial charge in [-0.1, -0.05) is 13.8 Å². The van der Waals surface area contributed by atoms with Crippen LogP contribution >= 0.6 is 11.8 Å². The van der Waals surface area contributed by atoms with E-state index in [2.05, 4.69) is 37.9 Å². The molecule has 16 heavy (non-hydrogen) atoms. The molecule has 3 heteroatoms. The minimum Gasteiger partial charge on any atom is -0.399 e. The number of rotatable bonds is 2. The van der Waals surface area contributed by atoms with Crippen LogP contribution in [0.15, 0.2) is 23.1 Å². The van der Waals surface area contributed by atoms with Gasteiger partial charge in [-0.05, 0) is 30.5 Å². The summed E-state index contributed by atoms with van der Waals surface area (Å²) in [4.78, 5) is 3.70. The molecular formula is C13H20N2S. The van der Waals surface area contributed by atoms with Crippen LogP contribution in [0.25, 0.3) is 0 Å². The van der Waals surface area contributed by atoms with E-state index in [9.17, 15) is 0 Å². The van der Waals surface area contributed by atoms with Gasteiger partial charge >= 0.3 is 0 Å². The number of hydrogen-bond donors (Lipinski definition) is 1. The van der Waals surface area contributed by atoms with Crippen LogP contribution in [0, 0.1) is 5.92 Å². The molecule has 0 saturated carbocycles. The summed E-state index contributed by atoms with van der Waals surface area (Å²) in [6.07, 6.45) is 1.28. The molecule has 1 aromatic carbocycles. The summed E-state index contributed by atoms with van der Waals surface area (Å²) in [6.45, 7) is 5.71. The van der Waals surface area contributed by atoms with E-state index in [4.69, 9.17) is 5.73 Å². The molecule has 2 nitrogen and oxygen atoms in total. The van der Waals surface area contributed by atoms with E-state index in [1.807, 2.05) is 17.8 Å². The fraction of sp³-hybridized carbons (Fsp3) is 0.538. The molecule has 1 aromatic rings. The van der Waals surface area contributed by atoms with E-state index in [0.717, 1.165) is 18.2 Å². The van der Waals surface area contributed by atoms with Gasteiger partial charge in [-0.15, -0.1) is 11.8 Å². The van der Waals surface area contributed by atoms with Crippen LogP contribution in [0.5, 0.6) is 0 Å². The second kappa shape index (κ2) is 4.58. The molecule has 0 fully saturated rings. The van der Waals surface area contributed by atoms with Crippen molar-refractivity contribution in [3.8, 4) is 0 Å². The zero-order valence-electron chi connectivity index (χ0n) is 10.2. The smallest absolute Gasteiger partial charge is 0.0522 e. The molecule has 1 atom stereocenters. The lowest BCUT2D eigenvalue weighted by molar-refractivity contribution is 0.562. The predicted molar refractivity (Wildman–Crippen MR) is 73.2 cm³/mol. The average molecular weight is 236 g/mol. The first-order valence-corrected chi connectivity index (χ1v) is 6.71. The SMILES string of the molecule is CC(C)CC1CN(C)c2cc(N)ccc2S1. The van der Waals surface area contributed by atoms with Gasteiger partial charge in [-0.25, -0.2) is 0 Å². The highest BCUT2D eigenvalue weighted by Crippen LogP contribution is 2.40. The second-order valence-electron chi connectivity index (χ2n) is 4.98. The molecule has 0 saturated heterocycles. The Hall–Kier alpha value is -0.830. The fourth-order valence-electron chi connectivity index (χ4n) is 2.20. The summed E-state index contributed by atoms with van der Waals surface area (Å²) >= 11 is 2.00. The maximum atomic E-state index is 5.82. The highest BCUT2D eigenvalue weighted by atomic mass is 32.2. The Bertz CT molecular complexity index is 376. The number of hydrogen-bond acceptors (Lipinski definition) is 3. The molecule has 0 aliphatic carbocycles. The lowest BCUT2D eigenvalue weighted by atomic mass is 10.1. The molecule has 0 amide bonds. The number of thioether (sulfide) groups is 1. The maximum Gasteiger partial charge on any atom is 0.0522 e. The zero-order valence-corrected chi connectivity index (χ0v) is 11.1. The minimum atomic E-state index is 0.709. The monoisotopic (exact) mass is 236 g/mol. The number of anilines is 2. The third kappa shape index (κ3) is 2.46. The van der Waals surface area contributed by atoms with Gasteiger partial charge in [0.05, 0.1) is 5.69 Å². The van der Waals surface area contributed by atoms with Crippen LogP contribution in [0.4, 0.5) is 11.4 Å². The lowest BCUT2D eigenvalue weighted by Crippen LogP contribution is -2.32. The van der Waals surface area contributed by atoms with Crippen LogP contribution in [-0.2, 0) is 0 Å². The van der Waals surface area contributed by atoms with E-state index in [0.29, 0.717) is 5.25 Å². The summed E-state index contributed by atoms with van der Waals surface area (Å²) < 4.78 is 0. The highest BCUT2D eigenvalue weighted by Gasteiger charge is 2.23. The molecule has 88 valence electrons.